The van der Waals surface area contributed by atoms with Gasteiger partial charge in [0.05, 0.1) is 14.2 Å². The number of carbonyl (C=O) groups excluding carboxylic acids is 2. The fraction of sp³-hybridized carbons (Fsp3) is 0.200. The van der Waals surface area contributed by atoms with Crippen LogP contribution in [0.3, 0.4) is 0 Å². The molecule has 1 aliphatic carbocycles. The number of nitrogens with zero attached hydrogens (tertiary/aromatic N) is 1. The van der Waals surface area contributed by atoms with Gasteiger partial charge in [0.25, 0.3) is 0 Å². The molecule has 3 aromatic rings. The molecule has 2 atom stereocenters. The van der Waals surface area contributed by atoms with Crippen LogP contribution in [0.15, 0.2) is 72.8 Å². The highest BCUT2D eigenvalue weighted by Gasteiger charge is 2.72. The van der Waals surface area contributed by atoms with Gasteiger partial charge in [-0.25, -0.2) is 0 Å². The fourth-order valence-electron chi connectivity index (χ4n) is 4.98. The van der Waals surface area contributed by atoms with Crippen molar-refractivity contribution in [3.63, 3.8) is 0 Å². The number of anilines is 1. The third kappa shape index (κ3) is 2.36. The van der Waals surface area contributed by atoms with Crippen molar-refractivity contribution < 1.29 is 24.2 Å². The van der Waals surface area contributed by atoms with E-state index in [0.29, 0.717) is 33.9 Å². The SMILES string of the molecule is COc1ccc(N2C(=O)CC3(c4ccc(OC)cc4)C(=O)c4ccccc4C23O)cc1. The van der Waals surface area contributed by atoms with Crippen molar-refractivity contribution >= 4 is 17.4 Å². The van der Waals surface area contributed by atoms with E-state index in [2.05, 4.69) is 0 Å². The summed E-state index contributed by atoms with van der Waals surface area (Å²) in [6, 6.07) is 20.8. The molecule has 1 saturated heterocycles. The summed E-state index contributed by atoms with van der Waals surface area (Å²) < 4.78 is 10.5. The number of carbonyl (C=O) groups is 2. The minimum absolute atomic E-state index is 0.143. The number of amides is 1. The molecule has 0 aromatic heterocycles. The Morgan fingerprint density at radius 3 is 2.03 bits per heavy atom. The van der Waals surface area contributed by atoms with Crippen molar-refractivity contribution in [2.75, 3.05) is 19.1 Å². The molecule has 31 heavy (non-hydrogen) atoms. The first-order chi connectivity index (χ1) is 15.0. The molecule has 1 aliphatic heterocycles. The van der Waals surface area contributed by atoms with E-state index in [0.717, 1.165) is 0 Å². The first kappa shape index (κ1) is 19.3. The first-order valence-corrected chi connectivity index (χ1v) is 9.95. The van der Waals surface area contributed by atoms with Gasteiger partial charge >= 0.3 is 0 Å². The smallest absolute Gasteiger partial charge is 0.231 e. The first-order valence-electron chi connectivity index (χ1n) is 9.95. The van der Waals surface area contributed by atoms with Crippen LogP contribution in [0.1, 0.15) is 27.9 Å². The van der Waals surface area contributed by atoms with Gasteiger partial charge in [0.1, 0.15) is 16.9 Å². The van der Waals surface area contributed by atoms with Crippen LogP contribution in [-0.2, 0) is 15.9 Å². The monoisotopic (exact) mass is 415 g/mol. The molecule has 0 saturated carbocycles. The van der Waals surface area contributed by atoms with Gasteiger partial charge in [-0.3, -0.25) is 14.5 Å². The topological polar surface area (TPSA) is 76.1 Å². The lowest BCUT2D eigenvalue weighted by Crippen LogP contribution is -2.53. The van der Waals surface area contributed by atoms with E-state index >= 15 is 0 Å². The van der Waals surface area contributed by atoms with Crippen molar-refractivity contribution in [2.45, 2.75) is 17.6 Å². The number of ketones is 1. The molecule has 0 spiro atoms. The van der Waals surface area contributed by atoms with Crippen LogP contribution in [0.4, 0.5) is 5.69 Å². The Kier molecular flexibility index (Phi) is 4.17. The number of rotatable bonds is 4. The van der Waals surface area contributed by atoms with Crippen molar-refractivity contribution in [1.82, 2.24) is 0 Å². The summed E-state index contributed by atoms with van der Waals surface area (Å²) in [6.07, 6.45) is -0.143. The second kappa shape index (κ2) is 6.68. The molecule has 3 aromatic carbocycles. The Bertz CT molecular complexity index is 1190. The predicted molar refractivity (Wildman–Crippen MR) is 114 cm³/mol. The van der Waals surface area contributed by atoms with Crippen LogP contribution in [0.5, 0.6) is 11.5 Å². The molecule has 0 bridgehead atoms. The molecule has 1 N–H and O–H groups in total. The summed E-state index contributed by atoms with van der Waals surface area (Å²) in [4.78, 5) is 28.5. The summed E-state index contributed by atoms with van der Waals surface area (Å²) in [7, 11) is 3.12. The molecule has 1 heterocycles. The van der Waals surface area contributed by atoms with Gasteiger partial charge in [0.2, 0.25) is 5.91 Å². The number of ether oxygens (including phenoxy) is 2. The van der Waals surface area contributed by atoms with Gasteiger partial charge in [-0.15, -0.1) is 0 Å². The number of Topliss-reactive ketones (excluding diaryl/α,β-unsaturated/α-hetero) is 1. The van der Waals surface area contributed by atoms with Crippen LogP contribution in [-0.4, -0.2) is 31.0 Å². The third-order valence-corrected chi connectivity index (χ3v) is 6.43. The zero-order chi connectivity index (χ0) is 21.8. The minimum Gasteiger partial charge on any atom is -0.497 e. The highest BCUT2D eigenvalue weighted by molar-refractivity contribution is 6.18. The molecule has 1 fully saturated rings. The van der Waals surface area contributed by atoms with Gasteiger partial charge in [-0.2, -0.15) is 0 Å². The van der Waals surface area contributed by atoms with Gasteiger partial charge in [0, 0.05) is 23.2 Å². The lowest BCUT2D eigenvalue weighted by atomic mass is 9.71. The lowest BCUT2D eigenvalue weighted by molar-refractivity contribution is -0.118. The fourth-order valence-corrected chi connectivity index (χ4v) is 4.98. The maximum Gasteiger partial charge on any atom is 0.231 e. The van der Waals surface area contributed by atoms with E-state index < -0.39 is 11.1 Å². The number of aliphatic hydroxyl groups is 1. The summed E-state index contributed by atoms with van der Waals surface area (Å²) in [6.45, 7) is 0. The van der Waals surface area contributed by atoms with Crippen LogP contribution in [0.25, 0.3) is 0 Å². The van der Waals surface area contributed by atoms with Crippen molar-refractivity contribution in [3.8, 4) is 11.5 Å². The van der Waals surface area contributed by atoms with Crippen LogP contribution in [0, 0.1) is 0 Å². The molecule has 6 heteroatoms. The Morgan fingerprint density at radius 1 is 0.839 bits per heavy atom. The minimum atomic E-state index is -1.86. The van der Waals surface area contributed by atoms with E-state index in [1.807, 2.05) is 0 Å². The Morgan fingerprint density at radius 2 is 1.42 bits per heavy atom. The van der Waals surface area contributed by atoms with Crippen LogP contribution in [0.2, 0.25) is 0 Å². The maximum absolute atomic E-state index is 13.8. The molecular formula is C25H21NO5. The van der Waals surface area contributed by atoms with Gasteiger partial charge < -0.3 is 14.6 Å². The number of benzene rings is 3. The van der Waals surface area contributed by atoms with E-state index in [1.54, 1.807) is 87.0 Å². The molecule has 2 aliphatic rings. The summed E-state index contributed by atoms with van der Waals surface area (Å²) in [5.41, 5.74) is -1.40. The van der Waals surface area contributed by atoms with Crippen molar-refractivity contribution in [1.29, 1.82) is 0 Å². The molecule has 6 nitrogen and oxygen atoms in total. The van der Waals surface area contributed by atoms with Gasteiger partial charge in [-0.1, -0.05) is 36.4 Å². The normalized spacial score (nSPS) is 24.2. The van der Waals surface area contributed by atoms with E-state index in [-0.39, 0.29) is 18.1 Å². The zero-order valence-electron chi connectivity index (χ0n) is 17.2. The number of fused-ring (bicyclic) bond motifs is 3. The van der Waals surface area contributed by atoms with Crippen molar-refractivity contribution in [3.05, 3.63) is 89.5 Å². The Hall–Kier alpha value is -3.64. The number of hydrogen-bond donors (Lipinski definition) is 1. The predicted octanol–water partition coefficient (Wildman–Crippen LogP) is 3.42. The molecule has 156 valence electrons. The van der Waals surface area contributed by atoms with Gasteiger partial charge in [0.15, 0.2) is 11.5 Å². The maximum atomic E-state index is 13.8. The average Bonchev–Trinajstić information content (AvgIpc) is 3.16. The lowest BCUT2D eigenvalue weighted by Gasteiger charge is -2.40. The van der Waals surface area contributed by atoms with Crippen LogP contribution < -0.4 is 14.4 Å². The zero-order valence-corrected chi connectivity index (χ0v) is 17.2. The molecule has 5 rings (SSSR count). The number of hydrogen-bond acceptors (Lipinski definition) is 5. The van der Waals surface area contributed by atoms with Crippen LogP contribution >= 0.6 is 0 Å². The Labute approximate surface area is 179 Å². The van der Waals surface area contributed by atoms with Gasteiger partial charge in [-0.05, 0) is 42.0 Å². The summed E-state index contributed by atoms with van der Waals surface area (Å²) in [5.74, 6) is 0.668. The second-order valence-corrected chi connectivity index (χ2v) is 7.78. The van der Waals surface area contributed by atoms with Crippen molar-refractivity contribution in [2.24, 2.45) is 0 Å². The standard InChI is InChI=1S/C25H21NO5/c1-30-18-11-7-16(8-12-18)24-15-22(27)26(17-9-13-19(31-2)14-10-17)25(24,29)21-6-4-3-5-20(21)23(24)28/h3-14,29H,15H2,1-2H3. The van der Waals surface area contributed by atoms with E-state index in [9.17, 15) is 14.7 Å². The summed E-state index contributed by atoms with van der Waals surface area (Å²) >= 11 is 0. The largest absolute Gasteiger partial charge is 0.497 e. The Balaban J connectivity index is 1.77. The summed E-state index contributed by atoms with van der Waals surface area (Å²) in [5, 5.41) is 12.3. The second-order valence-electron chi connectivity index (χ2n) is 7.78. The quantitative estimate of drug-likeness (QED) is 0.707. The molecule has 2 unspecified atom stereocenters. The number of methoxy groups -OCH3 is 2. The molecular weight excluding hydrogens is 394 g/mol. The average molecular weight is 415 g/mol. The van der Waals surface area contributed by atoms with E-state index in [4.69, 9.17) is 9.47 Å². The third-order valence-electron chi connectivity index (χ3n) is 6.43. The molecule has 0 radical (unpaired) electrons. The highest BCUT2D eigenvalue weighted by Crippen LogP contribution is 2.60. The molecule has 1 amide bonds. The van der Waals surface area contributed by atoms with E-state index in [1.165, 1.54) is 4.90 Å². The highest BCUT2D eigenvalue weighted by atomic mass is 16.5.